The Balaban J connectivity index is 1.91. The molecule has 0 spiro atoms. The van der Waals surface area contributed by atoms with Crippen molar-refractivity contribution in [2.75, 3.05) is 25.1 Å². The van der Waals surface area contributed by atoms with E-state index in [9.17, 15) is 0 Å². The molecule has 0 N–H and O–H groups in total. The van der Waals surface area contributed by atoms with E-state index in [0.29, 0.717) is 6.04 Å². The van der Waals surface area contributed by atoms with E-state index in [4.69, 9.17) is 0 Å². The van der Waals surface area contributed by atoms with Gasteiger partial charge in [0.2, 0.25) is 0 Å². The summed E-state index contributed by atoms with van der Waals surface area (Å²) in [5.41, 5.74) is 2.31. The Labute approximate surface area is 120 Å². The zero-order valence-corrected chi connectivity index (χ0v) is 12.9. The Hall–Kier alpha value is -1.00. The lowest BCUT2D eigenvalue weighted by Gasteiger charge is -2.24. The van der Waals surface area contributed by atoms with Crippen LogP contribution in [-0.4, -0.2) is 45.6 Å². The first-order valence-corrected chi connectivity index (χ1v) is 8.05. The van der Waals surface area contributed by atoms with Crippen LogP contribution in [0.25, 0.3) is 11.0 Å². The minimum absolute atomic E-state index is 0.625. The van der Waals surface area contributed by atoms with Crippen molar-refractivity contribution in [3.63, 3.8) is 0 Å². The van der Waals surface area contributed by atoms with Crippen LogP contribution in [0.2, 0.25) is 0 Å². The molecule has 0 aliphatic carbocycles. The molecular formula is C15H23N3S. The van der Waals surface area contributed by atoms with Gasteiger partial charge in [0.1, 0.15) is 0 Å². The van der Waals surface area contributed by atoms with Crippen LogP contribution in [0.15, 0.2) is 30.6 Å². The molecule has 0 amide bonds. The minimum Gasteiger partial charge on any atom is -0.329 e. The van der Waals surface area contributed by atoms with Crippen LogP contribution < -0.4 is 0 Å². The Morgan fingerprint density at radius 1 is 1.37 bits per heavy atom. The number of likely N-dealkylation sites (N-methyl/N-ethyl adjacent to an activating group) is 1. The molecule has 0 radical (unpaired) electrons. The van der Waals surface area contributed by atoms with Gasteiger partial charge in [-0.15, -0.1) is 0 Å². The van der Waals surface area contributed by atoms with E-state index in [1.165, 1.54) is 17.0 Å². The van der Waals surface area contributed by atoms with Crippen LogP contribution in [0.3, 0.4) is 0 Å². The molecule has 0 fully saturated rings. The highest BCUT2D eigenvalue weighted by molar-refractivity contribution is 7.99. The predicted octanol–water partition coefficient (Wildman–Crippen LogP) is 3.11. The molecule has 1 heterocycles. The van der Waals surface area contributed by atoms with E-state index >= 15 is 0 Å². The standard InChI is InChI=1S/C15H23N3S/c1-4-19-11-13(2)17(3)9-10-18-12-16-14-7-5-6-8-15(14)18/h5-8,12-13H,4,9-11H2,1-3H3. The third-order valence-corrected chi connectivity index (χ3v) is 4.66. The lowest BCUT2D eigenvalue weighted by molar-refractivity contribution is 0.267. The van der Waals surface area contributed by atoms with Crippen molar-refractivity contribution in [1.29, 1.82) is 0 Å². The molecule has 1 aromatic carbocycles. The predicted molar refractivity (Wildman–Crippen MR) is 84.8 cm³/mol. The summed E-state index contributed by atoms with van der Waals surface area (Å²) < 4.78 is 2.24. The first-order valence-electron chi connectivity index (χ1n) is 6.90. The van der Waals surface area contributed by atoms with Gasteiger partial charge in [0.25, 0.3) is 0 Å². The van der Waals surface area contributed by atoms with Crippen molar-refractivity contribution in [2.45, 2.75) is 26.4 Å². The smallest absolute Gasteiger partial charge is 0.0958 e. The third kappa shape index (κ3) is 3.74. The number of nitrogens with zero attached hydrogens (tertiary/aromatic N) is 3. The third-order valence-electron chi connectivity index (χ3n) is 3.54. The number of benzene rings is 1. The van der Waals surface area contributed by atoms with Gasteiger partial charge < -0.3 is 9.47 Å². The molecule has 2 aromatic rings. The average Bonchev–Trinajstić information content (AvgIpc) is 2.85. The lowest BCUT2D eigenvalue weighted by atomic mass is 10.3. The number of hydrogen-bond donors (Lipinski definition) is 0. The summed E-state index contributed by atoms with van der Waals surface area (Å²) in [6.07, 6.45) is 1.95. The van der Waals surface area contributed by atoms with Crippen LogP contribution in [0.5, 0.6) is 0 Å². The van der Waals surface area contributed by atoms with Crippen molar-refractivity contribution in [3.05, 3.63) is 30.6 Å². The second-order valence-electron chi connectivity index (χ2n) is 4.92. The summed E-state index contributed by atoms with van der Waals surface area (Å²) in [7, 11) is 2.21. The molecule has 2 rings (SSSR count). The van der Waals surface area contributed by atoms with E-state index in [1.807, 2.05) is 24.2 Å². The Kier molecular flexibility index (Phi) is 5.28. The van der Waals surface area contributed by atoms with Crippen molar-refractivity contribution in [3.8, 4) is 0 Å². The SMILES string of the molecule is CCSCC(C)N(C)CCn1cnc2ccccc21. The minimum atomic E-state index is 0.625. The van der Waals surface area contributed by atoms with Crippen molar-refractivity contribution < 1.29 is 0 Å². The van der Waals surface area contributed by atoms with Crippen LogP contribution >= 0.6 is 11.8 Å². The Bertz CT molecular complexity index is 509. The molecule has 0 bridgehead atoms. The number of para-hydroxylation sites is 2. The largest absolute Gasteiger partial charge is 0.329 e. The van der Waals surface area contributed by atoms with Gasteiger partial charge in [-0.25, -0.2) is 4.98 Å². The van der Waals surface area contributed by atoms with Gasteiger partial charge in [0, 0.05) is 24.9 Å². The number of thioether (sulfide) groups is 1. The van der Waals surface area contributed by atoms with Gasteiger partial charge >= 0.3 is 0 Å². The van der Waals surface area contributed by atoms with E-state index in [-0.39, 0.29) is 0 Å². The molecule has 104 valence electrons. The van der Waals surface area contributed by atoms with E-state index in [2.05, 4.69) is 53.5 Å². The molecule has 1 unspecified atom stereocenters. The Morgan fingerprint density at radius 3 is 2.95 bits per heavy atom. The van der Waals surface area contributed by atoms with Gasteiger partial charge in [-0.1, -0.05) is 19.1 Å². The van der Waals surface area contributed by atoms with Crippen LogP contribution in [0.4, 0.5) is 0 Å². The summed E-state index contributed by atoms with van der Waals surface area (Å²) >= 11 is 2.01. The fourth-order valence-electron chi connectivity index (χ4n) is 2.09. The summed E-state index contributed by atoms with van der Waals surface area (Å²) in [6, 6.07) is 8.94. The average molecular weight is 277 g/mol. The summed E-state index contributed by atoms with van der Waals surface area (Å²) in [4.78, 5) is 6.86. The van der Waals surface area contributed by atoms with Gasteiger partial charge in [-0.05, 0) is 31.9 Å². The Morgan fingerprint density at radius 2 is 2.16 bits per heavy atom. The molecule has 0 aliphatic rings. The topological polar surface area (TPSA) is 21.1 Å². The zero-order chi connectivity index (χ0) is 13.7. The number of imidazole rings is 1. The fraction of sp³-hybridized carbons (Fsp3) is 0.533. The molecule has 1 aromatic heterocycles. The quantitative estimate of drug-likeness (QED) is 0.776. The molecular weight excluding hydrogens is 254 g/mol. The molecule has 0 saturated heterocycles. The van der Waals surface area contributed by atoms with Crippen molar-refractivity contribution in [2.24, 2.45) is 0 Å². The molecule has 4 heteroatoms. The number of rotatable bonds is 7. The van der Waals surface area contributed by atoms with E-state index in [0.717, 1.165) is 18.6 Å². The first-order chi connectivity index (χ1) is 9.22. The second kappa shape index (κ2) is 6.96. The maximum atomic E-state index is 4.43. The van der Waals surface area contributed by atoms with Crippen LogP contribution in [0.1, 0.15) is 13.8 Å². The maximum absolute atomic E-state index is 4.43. The maximum Gasteiger partial charge on any atom is 0.0958 e. The van der Waals surface area contributed by atoms with Crippen LogP contribution in [-0.2, 0) is 6.54 Å². The number of aromatic nitrogens is 2. The summed E-state index contributed by atoms with van der Waals surface area (Å²) in [6.45, 7) is 6.58. The zero-order valence-electron chi connectivity index (χ0n) is 12.0. The molecule has 19 heavy (non-hydrogen) atoms. The lowest BCUT2D eigenvalue weighted by Crippen LogP contribution is -2.33. The van der Waals surface area contributed by atoms with Crippen molar-refractivity contribution in [1.82, 2.24) is 14.5 Å². The summed E-state index contributed by atoms with van der Waals surface area (Å²) in [5, 5.41) is 0. The molecule has 0 aliphatic heterocycles. The molecule has 0 saturated carbocycles. The van der Waals surface area contributed by atoms with E-state index in [1.54, 1.807) is 0 Å². The monoisotopic (exact) mass is 277 g/mol. The van der Waals surface area contributed by atoms with Crippen LogP contribution in [0, 0.1) is 0 Å². The van der Waals surface area contributed by atoms with Gasteiger partial charge in [0.05, 0.1) is 17.4 Å². The highest BCUT2D eigenvalue weighted by Gasteiger charge is 2.09. The number of hydrogen-bond acceptors (Lipinski definition) is 3. The van der Waals surface area contributed by atoms with Gasteiger partial charge in [0.15, 0.2) is 0 Å². The molecule has 3 nitrogen and oxygen atoms in total. The highest BCUT2D eigenvalue weighted by Crippen LogP contribution is 2.12. The van der Waals surface area contributed by atoms with E-state index < -0.39 is 0 Å². The first kappa shape index (κ1) is 14.4. The van der Waals surface area contributed by atoms with Crippen molar-refractivity contribution >= 4 is 22.8 Å². The highest BCUT2D eigenvalue weighted by atomic mass is 32.2. The second-order valence-corrected chi connectivity index (χ2v) is 6.23. The molecule has 1 atom stereocenters. The van der Waals surface area contributed by atoms with Gasteiger partial charge in [-0.3, -0.25) is 0 Å². The fourth-order valence-corrected chi connectivity index (χ4v) is 2.92. The summed E-state index contributed by atoms with van der Waals surface area (Å²) in [5.74, 6) is 2.40. The number of fused-ring (bicyclic) bond motifs is 1. The normalized spacial score (nSPS) is 13.3. The van der Waals surface area contributed by atoms with Gasteiger partial charge in [-0.2, -0.15) is 11.8 Å².